The van der Waals surface area contributed by atoms with Crippen molar-refractivity contribution in [3.63, 3.8) is 0 Å². The van der Waals surface area contributed by atoms with Gasteiger partial charge in [0.15, 0.2) is 11.0 Å². The van der Waals surface area contributed by atoms with Crippen LogP contribution >= 0.6 is 11.6 Å². The zero-order chi connectivity index (χ0) is 18.3. The molecule has 144 valence electrons. The fraction of sp³-hybridized carbons (Fsp3) is 0.350. The van der Waals surface area contributed by atoms with Crippen molar-refractivity contribution in [2.45, 2.75) is 44.9 Å². The summed E-state index contributed by atoms with van der Waals surface area (Å²) in [6.07, 6.45) is -0.230. The van der Waals surface area contributed by atoms with Crippen LogP contribution in [0.4, 0.5) is 13.2 Å². The van der Waals surface area contributed by atoms with Crippen LogP contribution in [0.25, 0.3) is 11.0 Å². The molecule has 0 bridgehead atoms. The van der Waals surface area contributed by atoms with Gasteiger partial charge in [0, 0.05) is 17.5 Å². The van der Waals surface area contributed by atoms with E-state index in [0.29, 0.717) is 17.1 Å². The molecular weight excluding hydrogens is 396 g/mol. The van der Waals surface area contributed by atoms with Crippen molar-refractivity contribution in [2.24, 2.45) is 0 Å². The lowest BCUT2D eigenvalue weighted by Gasteiger charge is -2.06. The van der Waals surface area contributed by atoms with Crippen LogP contribution in [0.1, 0.15) is 36.2 Å². The van der Waals surface area contributed by atoms with Crippen LogP contribution in [-0.2, 0) is 25.7 Å². The molecule has 0 fully saturated rings. The van der Waals surface area contributed by atoms with Crippen LogP contribution in [0.5, 0.6) is 0 Å². The third-order valence-corrected chi connectivity index (χ3v) is 5.25. The maximum atomic E-state index is 13.2. The minimum absolute atomic E-state index is 0. The van der Waals surface area contributed by atoms with Gasteiger partial charge in [-0.3, -0.25) is 0 Å². The molecule has 0 saturated carbocycles. The lowest BCUT2D eigenvalue weighted by molar-refractivity contribution is -0.678. The molecule has 0 atom stereocenters. The Kier molecular flexibility index (Phi) is 5.73. The molecule has 0 amide bonds. The smallest absolute Gasteiger partial charge is 0.416 e. The summed E-state index contributed by atoms with van der Waals surface area (Å²) in [6, 6.07) is 11.6. The Labute approximate surface area is 167 Å². The van der Waals surface area contributed by atoms with Crippen LogP contribution in [-0.4, -0.2) is 4.57 Å². The summed E-state index contributed by atoms with van der Waals surface area (Å²) >= 11 is 6.09. The standard InChI is InChI=1S/C20H19ClF3N2.ClH/c21-16-6-4-5-14(11-16)13-26-18-12-15(20(22,23)24)8-9-17(18)25-10-3-1-2-7-19(25)26;/h4-6,8-9,11-12H,1-3,7,10,13H2;1H/q+1;/p-1. The van der Waals surface area contributed by atoms with Gasteiger partial charge in [-0.25, -0.2) is 9.13 Å². The number of fused-ring (bicyclic) bond motifs is 3. The number of aromatic nitrogens is 2. The number of benzene rings is 2. The summed E-state index contributed by atoms with van der Waals surface area (Å²) in [5.41, 5.74) is 1.89. The van der Waals surface area contributed by atoms with Gasteiger partial charge in [0.05, 0.1) is 12.1 Å². The molecule has 4 rings (SSSR count). The minimum Gasteiger partial charge on any atom is -1.00 e. The fourth-order valence-corrected chi connectivity index (χ4v) is 4.02. The number of halogens is 5. The van der Waals surface area contributed by atoms with Crippen LogP contribution in [0.15, 0.2) is 42.5 Å². The second kappa shape index (κ2) is 7.72. The number of alkyl halides is 3. The van der Waals surface area contributed by atoms with Crippen molar-refractivity contribution in [1.29, 1.82) is 0 Å². The summed E-state index contributed by atoms with van der Waals surface area (Å²) in [4.78, 5) is 0. The normalized spacial score (nSPS) is 14.5. The number of nitrogens with zero attached hydrogens (tertiary/aromatic N) is 2. The Balaban J connectivity index is 0.00000210. The molecule has 1 aliphatic heterocycles. The molecule has 27 heavy (non-hydrogen) atoms. The Bertz CT molecular complexity index is 964. The van der Waals surface area contributed by atoms with Crippen molar-refractivity contribution >= 4 is 22.6 Å². The zero-order valence-corrected chi connectivity index (χ0v) is 16.1. The summed E-state index contributed by atoms with van der Waals surface area (Å²) in [6.45, 7) is 1.36. The highest BCUT2D eigenvalue weighted by molar-refractivity contribution is 6.30. The van der Waals surface area contributed by atoms with Crippen molar-refractivity contribution in [2.75, 3.05) is 0 Å². The predicted molar refractivity (Wildman–Crippen MR) is 95.2 cm³/mol. The first-order valence-electron chi connectivity index (χ1n) is 8.80. The molecule has 0 aliphatic carbocycles. The van der Waals surface area contributed by atoms with Crippen LogP contribution in [0.2, 0.25) is 5.02 Å². The first-order valence-corrected chi connectivity index (χ1v) is 9.18. The van der Waals surface area contributed by atoms with E-state index < -0.39 is 11.7 Å². The lowest BCUT2D eigenvalue weighted by Crippen LogP contribution is -3.00. The second-order valence-corrected chi connectivity index (χ2v) is 7.23. The van der Waals surface area contributed by atoms with Gasteiger partial charge in [-0.05, 0) is 49.1 Å². The maximum Gasteiger partial charge on any atom is 0.416 e. The number of aryl methyl sites for hydroxylation is 1. The van der Waals surface area contributed by atoms with Gasteiger partial charge in [0.1, 0.15) is 6.54 Å². The van der Waals surface area contributed by atoms with Crippen molar-refractivity contribution < 1.29 is 30.1 Å². The van der Waals surface area contributed by atoms with Crippen LogP contribution in [0.3, 0.4) is 0 Å². The van der Waals surface area contributed by atoms with E-state index in [1.807, 2.05) is 22.8 Å². The number of hydrogen-bond donors (Lipinski definition) is 0. The molecule has 0 unspecified atom stereocenters. The molecule has 3 aromatic rings. The molecule has 1 aromatic heterocycles. The average molecular weight is 415 g/mol. The third kappa shape index (κ3) is 3.94. The minimum atomic E-state index is -4.35. The molecule has 2 aromatic carbocycles. The highest BCUT2D eigenvalue weighted by atomic mass is 35.5. The van der Waals surface area contributed by atoms with Crippen molar-refractivity contribution in [3.05, 3.63) is 64.4 Å². The summed E-state index contributed by atoms with van der Waals surface area (Å²) in [7, 11) is 0. The first-order chi connectivity index (χ1) is 12.4. The fourth-order valence-electron chi connectivity index (χ4n) is 3.81. The molecule has 0 N–H and O–H groups in total. The molecule has 0 spiro atoms. The first kappa shape index (κ1) is 20.0. The van der Waals surface area contributed by atoms with Crippen molar-refractivity contribution in [3.8, 4) is 0 Å². The molecule has 2 nitrogen and oxygen atoms in total. The highest BCUT2D eigenvalue weighted by Gasteiger charge is 2.34. The summed E-state index contributed by atoms with van der Waals surface area (Å²) in [5, 5.41) is 0.633. The molecular formula is C20H19Cl2F3N2. The van der Waals surface area contributed by atoms with Gasteiger partial charge < -0.3 is 12.4 Å². The van der Waals surface area contributed by atoms with E-state index in [1.165, 1.54) is 12.1 Å². The van der Waals surface area contributed by atoms with Gasteiger partial charge >= 0.3 is 6.18 Å². The molecule has 0 radical (unpaired) electrons. The molecule has 7 heteroatoms. The maximum absolute atomic E-state index is 13.2. The van der Waals surface area contributed by atoms with Gasteiger partial charge in [0.2, 0.25) is 0 Å². The largest absolute Gasteiger partial charge is 1.00 e. The number of hydrogen-bond acceptors (Lipinski definition) is 0. The van der Waals surface area contributed by atoms with Crippen LogP contribution in [0, 0.1) is 0 Å². The van der Waals surface area contributed by atoms with E-state index in [1.54, 1.807) is 12.1 Å². The quantitative estimate of drug-likeness (QED) is 0.569. The van der Waals surface area contributed by atoms with Gasteiger partial charge in [-0.15, -0.1) is 0 Å². The van der Waals surface area contributed by atoms with E-state index in [4.69, 9.17) is 11.6 Å². The Morgan fingerprint density at radius 2 is 1.85 bits per heavy atom. The molecule has 0 saturated heterocycles. The van der Waals surface area contributed by atoms with E-state index >= 15 is 0 Å². The van der Waals surface area contributed by atoms with E-state index in [9.17, 15) is 13.2 Å². The highest BCUT2D eigenvalue weighted by Crippen LogP contribution is 2.32. The SMILES string of the molecule is FC(F)(F)c1ccc2c(c1)n(Cc1cccc(Cl)c1)c1[n+]2CCCCC1.[Cl-]. The number of rotatable bonds is 2. The van der Waals surface area contributed by atoms with Crippen LogP contribution < -0.4 is 17.0 Å². The van der Waals surface area contributed by atoms with Gasteiger partial charge in [0.25, 0.3) is 5.82 Å². The van der Waals surface area contributed by atoms with E-state index in [0.717, 1.165) is 49.1 Å². The Morgan fingerprint density at radius 3 is 2.59 bits per heavy atom. The monoisotopic (exact) mass is 414 g/mol. The Morgan fingerprint density at radius 1 is 1.04 bits per heavy atom. The predicted octanol–water partition coefficient (Wildman–Crippen LogP) is 2.38. The average Bonchev–Trinajstić information content (AvgIpc) is 2.74. The van der Waals surface area contributed by atoms with Gasteiger partial charge in [-0.1, -0.05) is 23.7 Å². The Hall–Kier alpha value is -1.72. The van der Waals surface area contributed by atoms with E-state index in [-0.39, 0.29) is 12.4 Å². The third-order valence-electron chi connectivity index (χ3n) is 5.02. The second-order valence-electron chi connectivity index (χ2n) is 6.80. The topological polar surface area (TPSA) is 8.81 Å². The molecule has 2 heterocycles. The molecule has 1 aliphatic rings. The van der Waals surface area contributed by atoms with E-state index in [2.05, 4.69) is 4.57 Å². The zero-order valence-electron chi connectivity index (χ0n) is 14.6. The van der Waals surface area contributed by atoms with Gasteiger partial charge in [-0.2, -0.15) is 13.2 Å². The summed E-state index contributed by atoms with van der Waals surface area (Å²) < 4.78 is 43.9. The summed E-state index contributed by atoms with van der Waals surface area (Å²) in [5.74, 6) is 1.09. The number of imidazole rings is 1. The van der Waals surface area contributed by atoms with Crippen molar-refractivity contribution in [1.82, 2.24) is 4.57 Å². The lowest BCUT2D eigenvalue weighted by atomic mass is 10.1.